The van der Waals surface area contributed by atoms with E-state index in [2.05, 4.69) is 25.5 Å². The minimum Gasteiger partial charge on any atom is -0.364 e. The molecule has 1 unspecified atom stereocenters. The van der Waals surface area contributed by atoms with E-state index in [-0.39, 0.29) is 5.69 Å². The van der Waals surface area contributed by atoms with Crippen LogP contribution in [0, 0.1) is 5.92 Å². The number of aromatic amines is 1. The number of rotatable bonds is 2. The maximum Gasteiger partial charge on any atom is 0.364 e. The third-order valence-corrected chi connectivity index (χ3v) is 4.26. The van der Waals surface area contributed by atoms with Gasteiger partial charge in [0.15, 0.2) is 5.65 Å². The fourth-order valence-corrected chi connectivity index (χ4v) is 3.20. The maximum absolute atomic E-state index is 11.5. The van der Waals surface area contributed by atoms with Crippen LogP contribution in [-0.4, -0.2) is 50.4 Å². The van der Waals surface area contributed by atoms with Crippen molar-refractivity contribution in [3.8, 4) is 0 Å². The van der Waals surface area contributed by atoms with Crippen LogP contribution in [0.2, 0.25) is 0 Å². The van der Waals surface area contributed by atoms with E-state index in [0.29, 0.717) is 11.7 Å². The first-order valence-corrected chi connectivity index (χ1v) is 6.73. The van der Waals surface area contributed by atoms with Gasteiger partial charge in [0, 0.05) is 12.6 Å². The lowest BCUT2D eigenvalue weighted by Crippen LogP contribution is -2.53. The molecule has 0 saturated carbocycles. The summed E-state index contributed by atoms with van der Waals surface area (Å²) in [6, 6.07) is 4.12. The van der Waals surface area contributed by atoms with E-state index in [4.69, 9.17) is 0 Å². The zero-order valence-corrected chi connectivity index (χ0v) is 10.5. The highest BCUT2D eigenvalue weighted by Crippen LogP contribution is 2.29. The molecule has 2 aromatic heterocycles. The van der Waals surface area contributed by atoms with Gasteiger partial charge in [0.1, 0.15) is 5.82 Å². The summed E-state index contributed by atoms with van der Waals surface area (Å²) in [4.78, 5) is 14.0. The first-order valence-electron chi connectivity index (χ1n) is 6.73. The number of nitrogens with zero attached hydrogens (tertiary/aromatic N) is 4. The molecule has 2 bridgehead atoms. The van der Waals surface area contributed by atoms with Crippen LogP contribution >= 0.6 is 0 Å². The Hall–Kier alpha value is -1.89. The lowest BCUT2D eigenvalue weighted by atomic mass is 9.84. The molecule has 0 aromatic carbocycles. The molecule has 2 aromatic rings. The standard InChI is InChI=1S/C12H16N6O/c19-12-15-14-11-2-1-10(16-18(11)12)13-9-7-17-5-3-8(9)4-6-17/h1-2,8-9H,3-7H2,(H,13,16)(H,15,19). The van der Waals surface area contributed by atoms with Crippen LogP contribution in [0.3, 0.4) is 0 Å². The Morgan fingerprint density at radius 2 is 2.16 bits per heavy atom. The molecule has 0 spiro atoms. The second-order valence-corrected chi connectivity index (χ2v) is 5.41. The molecular weight excluding hydrogens is 244 g/mol. The van der Waals surface area contributed by atoms with E-state index < -0.39 is 0 Å². The number of anilines is 1. The van der Waals surface area contributed by atoms with Crippen LogP contribution in [-0.2, 0) is 0 Å². The Morgan fingerprint density at radius 3 is 2.89 bits per heavy atom. The van der Waals surface area contributed by atoms with Crippen molar-refractivity contribution in [3.63, 3.8) is 0 Å². The van der Waals surface area contributed by atoms with Gasteiger partial charge in [0.05, 0.1) is 0 Å². The molecule has 3 aliphatic heterocycles. The Balaban J connectivity index is 1.61. The summed E-state index contributed by atoms with van der Waals surface area (Å²) in [5, 5.41) is 14.0. The van der Waals surface area contributed by atoms with Crippen molar-refractivity contribution in [1.82, 2.24) is 24.7 Å². The number of nitrogens with one attached hydrogen (secondary N) is 2. The molecule has 7 nitrogen and oxygen atoms in total. The number of fused-ring (bicyclic) bond motifs is 4. The van der Waals surface area contributed by atoms with Gasteiger partial charge in [-0.3, -0.25) is 0 Å². The fourth-order valence-electron chi connectivity index (χ4n) is 3.20. The van der Waals surface area contributed by atoms with Gasteiger partial charge in [-0.1, -0.05) is 0 Å². The molecule has 3 fully saturated rings. The third-order valence-electron chi connectivity index (χ3n) is 4.26. The summed E-state index contributed by atoms with van der Waals surface area (Å²) < 4.78 is 1.30. The SMILES string of the molecule is O=c1[nH]nc2ccc(NC3CN4CCC3CC4)nn12. The highest BCUT2D eigenvalue weighted by molar-refractivity contribution is 5.43. The summed E-state index contributed by atoms with van der Waals surface area (Å²) in [5.41, 5.74) is 0.247. The quantitative estimate of drug-likeness (QED) is 0.790. The van der Waals surface area contributed by atoms with Crippen LogP contribution in [0.1, 0.15) is 12.8 Å². The fraction of sp³-hybridized carbons (Fsp3) is 0.583. The number of hydrogen-bond donors (Lipinski definition) is 2. The molecular formula is C12H16N6O. The van der Waals surface area contributed by atoms with E-state index in [0.717, 1.165) is 18.3 Å². The lowest BCUT2D eigenvalue weighted by molar-refractivity contribution is 0.0973. The van der Waals surface area contributed by atoms with E-state index in [9.17, 15) is 4.79 Å². The van der Waals surface area contributed by atoms with E-state index in [1.54, 1.807) is 6.07 Å². The van der Waals surface area contributed by atoms with Gasteiger partial charge in [0.25, 0.3) is 0 Å². The van der Waals surface area contributed by atoms with Gasteiger partial charge in [0.2, 0.25) is 0 Å². The van der Waals surface area contributed by atoms with E-state index >= 15 is 0 Å². The maximum atomic E-state index is 11.5. The predicted molar refractivity (Wildman–Crippen MR) is 70.2 cm³/mol. The second kappa shape index (κ2) is 4.06. The molecule has 0 amide bonds. The van der Waals surface area contributed by atoms with Crippen LogP contribution in [0.15, 0.2) is 16.9 Å². The zero-order valence-electron chi connectivity index (χ0n) is 10.5. The summed E-state index contributed by atoms with van der Waals surface area (Å²) >= 11 is 0. The van der Waals surface area contributed by atoms with Crippen molar-refractivity contribution in [3.05, 3.63) is 22.6 Å². The van der Waals surface area contributed by atoms with Crippen LogP contribution in [0.4, 0.5) is 5.82 Å². The van der Waals surface area contributed by atoms with Crippen molar-refractivity contribution in [1.29, 1.82) is 0 Å². The van der Waals surface area contributed by atoms with Gasteiger partial charge in [-0.15, -0.1) is 5.10 Å². The summed E-state index contributed by atoms with van der Waals surface area (Å²) in [6.07, 6.45) is 2.51. The van der Waals surface area contributed by atoms with Crippen molar-refractivity contribution < 1.29 is 0 Å². The molecule has 7 heteroatoms. The first kappa shape index (κ1) is 11.0. The molecule has 0 aliphatic carbocycles. The van der Waals surface area contributed by atoms with Crippen LogP contribution in [0.5, 0.6) is 0 Å². The molecule has 2 N–H and O–H groups in total. The number of aromatic nitrogens is 4. The first-order chi connectivity index (χ1) is 9.29. The van der Waals surface area contributed by atoms with E-state index in [1.807, 2.05) is 6.07 Å². The molecule has 100 valence electrons. The van der Waals surface area contributed by atoms with E-state index in [1.165, 1.54) is 30.4 Å². The van der Waals surface area contributed by atoms with Gasteiger partial charge in [-0.2, -0.15) is 9.61 Å². The van der Waals surface area contributed by atoms with Gasteiger partial charge < -0.3 is 10.2 Å². The Kier molecular flexibility index (Phi) is 2.34. The molecule has 3 saturated heterocycles. The lowest BCUT2D eigenvalue weighted by Gasteiger charge is -2.45. The third kappa shape index (κ3) is 1.81. The smallest absolute Gasteiger partial charge is 0.364 e. The van der Waals surface area contributed by atoms with Crippen LogP contribution in [0.25, 0.3) is 5.65 Å². The molecule has 5 heterocycles. The zero-order chi connectivity index (χ0) is 12.8. The summed E-state index contributed by atoms with van der Waals surface area (Å²) in [6.45, 7) is 3.51. The molecule has 5 rings (SSSR count). The average Bonchev–Trinajstić information content (AvgIpc) is 2.82. The van der Waals surface area contributed by atoms with Crippen LogP contribution < -0.4 is 11.0 Å². The van der Waals surface area contributed by atoms with Crippen molar-refractivity contribution in [2.45, 2.75) is 18.9 Å². The van der Waals surface area contributed by atoms with Gasteiger partial charge >= 0.3 is 5.69 Å². The Morgan fingerprint density at radius 1 is 1.32 bits per heavy atom. The highest BCUT2D eigenvalue weighted by atomic mass is 16.2. The van der Waals surface area contributed by atoms with Crippen molar-refractivity contribution in [2.24, 2.45) is 5.92 Å². The average molecular weight is 260 g/mol. The largest absolute Gasteiger partial charge is 0.364 e. The Labute approximate surface area is 109 Å². The van der Waals surface area contributed by atoms with Crippen molar-refractivity contribution in [2.75, 3.05) is 25.0 Å². The topological polar surface area (TPSA) is 78.3 Å². The summed E-state index contributed by atoms with van der Waals surface area (Å²) in [5.74, 6) is 1.47. The number of H-pyrrole nitrogens is 1. The van der Waals surface area contributed by atoms with Crippen molar-refractivity contribution >= 4 is 11.5 Å². The second-order valence-electron chi connectivity index (χ2n) is 5.41. The Bertz CT molecular complexity index is 654. The minimum atomic E-state index is -0.299. The minimum absolute atomic E-state index is 0.299. The normalized spacial score (nSPS) is 29.8. The molecule has 1 atom stereocenters. The predicted octanol–water partition coefficient (Wildman–Crippen LogP) is -0.0763. The number of piperidine rings is 3. The molecule has 3 aliphatic rings. The summed E-state index contributed by atoms with van der Waals surface area (Å²) in [7, 11) is 0. The van der Waals surface area contributed by atoms with Gasteiger partial charge in [-0.25, -0.2) is 9.89 Å². The monoisotopic (exact) mass is 260 g/mol. The highest BCUT2D eigenvalue weighted by Gasteiger charge is 2.34. The van der Waals surface area contributed by atoms with Gasteiger partial charge in [-0.05, 0) is 44.0 Å². The number of hydrogen-bond acceptors (Lipinski definition) is 5. The molecule has 0 radical (unpaired) electrons. The molecule has 19 heavy (non-hydrogen) atoms.